The number of anilines is 4. The van der Waals surface area contributed by atoms with E-state index in [9.17, 15) is 29.2 Å². The SMILES string of the molecule is CC1(C)C(=O)N(c2ccc(C#N)c(Cl)c2)c2ccc(-c3ccc(N4CCC(CCN5CCN(c6ccc7c(c6)C(=O)N(C6CCC(=O)NC6=O)C7=O)CC5)C4)cc3)cc21. The predicted molar refractivity (Wildman–Crippen MR) is 225 cm³/mol. The van der Waals surface area contributed by atoms with Crippen molar-refractivity contribution in [1.82, 2.24) is 15.1 Å². The van der Waals surface area contributed by atoms with Crippen molar-refractivity contribution in [2.24, 2.45) is 5.92 Å². The zero-order valence-electron chi connectivity index (χ0n) is 33.0. The zero-order valence-corrected chi connectivity index (χ0v) is 33.8. The Morgan fingerprint density at radius 2 is 1.47 bits per heavy atom. The average molecular weight is 810 g/mol. The van der Waals surface area contributed by atoms with E-state index < -0.39 is 35.1 Å². The molecule has 0 bridgehead atoms. The van der Waals surface area contributed by atoms with Crippen molar-refractivity contribution in [1.29, 1.82) is 5.26 Å². The number of hydrogen-bond donors (Lipinski definition) is 1. The number of benzene rings is 4. The van der Waals surface area contributed by atoms with E-state index in [1.165, 1.54) is 5.69 Å². The Morgan fingerprint density at radius 1 is 0.763 bits per heavy atom. The number of fused-ring (bicyclic) bond motifs is 2. The van der Waals surface area contributed by atoms with Gasteiger partial charge < -0.3 is 9.80 Å². The summed E-state index contributed by atoms with van der Waals surface area (Å²) in [6.07, 6.45) is 2.50. The van der Waals surface area contributed by atoms with Gasteiger partial charge in [-0.15, -0.1) is 0 Å². The monoisotopic (exact) mass is 809 g/mol. The predicted octanol–water partition coefficient (Wildman–Crippen LogP) is 6.27. The van der Waals surface area contributed by atoms with Crippen molar-refractivity contribution < 1.29 is 24.0 Å². The first-order chi connectivity index (χ1) is 28.4. The highest BCUT2D eigenvalue weighted by Crippen LogP contribution is 2.47. The fraction of sp³-hybridized carbons (Fsp3) is 0.348. The molecule has 4 aromatic carbocycles. The summed E-state index contributed by atoms with van der Waals surface area (Å²) in [5, 5.41) is 11.9. The number of halogens is 1. The quantitative estimate of drug-likeness (QED) is 0.204. The Labute approximate surface area is 347 Å². The molecule has 5 heterocycles. The van der Waals surface area contributed by atoms with Crippen molar-refractivity contribution in [3.05, 3.63) is 106 Å². The first kappa shape index (κ1) is 38.5. The van der Waals surface area contributed by atoms with Crippen LogP contribution in [0.25, 0.3) is 11.1 Å². The molecular formula is C46H44ClN7O5. The standard InChI is InChI=1S/C46H44ClN7O5/c1-46(2)37-23-30(6-12-39(37)53(45(46)59)34-9-5-31(26-48)38(47)25-34)29-3-7-32(8-4-29)52-18-16-28(27-52)15-17-50-19-21-51(22-20-50)33-10-11-35-36(24-33)44(58)54(43(35)57)40-13-14-41(55)49-42(40)56/h3-12,23-25,28,40H,13-22,27H2,1-2H3,(H,49,55,56). The third-order valence-corrected chi connectivity index (χ3v) is 13.2. The van der Waals surface area contributed by atoms with Gasteiger partial charge in [-0.1, -0.05) is 29.8 Å². The summed E-state index contributed by atoms with van der Waals surface area (Å²) >= 11 is 6.34. The van der Waals surface area contributed by atoms with E-state index in [1.807, 2.05) is 26.0 Å². The summed E-state index contributed by atoms with van der Waals surface area (Å²) < 4.78 is 0. The maximum absolute atomic E-state index is 13.7. The molecule has 0 saturated carbocycles. The van der Waals surface area contributed by atoms with Crippen LogP contribution in [0.1, 0.15) is 71.4 Å². The Hall–Kier alpha value is -6.03. The smallest absolute Gasteiger partial charge is 0.262 e. The van der Waals surface area contributed by atoms with Gasteiger partial charge in [-0.3, -0.25) is 44.0 Å². The number of amides is 5. The van der Waals surface area contributed by atoms with Crippen LogP contribution in [0.5, 0.6) is 0 Å². The Kier molecular flexibility index (Phi) is 9.76. The van der Waals surface area contributed by atoms with Crippen molar-refractivity contribution in [2.45, 2.75) is 51.0 Å². The van der Waals surface area contributed by atoms with Gasteiger partial charge in [0.1, 0.15) is 12.1 Å². The lowest BCUT2D eigenvalue weighted by Crippen LogP contribution is -2.54. The summed E-state index contributed by atoms with van der Waals surface area (Å²) in [6.45, 7) is 10.4. The highest BCUT2D eigenvalue weighted by atomic mass is 35.5. The summed E-state index contributed by atoms with van der Waals surface area (Å²) in [4.78, 5) is 74.2. The molecule has 5 aliphatic heterocycles. The normalized spacial score (nSPS) is 21.6. The minimum atomic E-state index is -0.971. The van der Waals surface area contributed by atoms with Gasteiger partial charge in [0.15, 0.2) is 0 Å². The first-order valence-electron chi connectivity index (χ1n) is 20.3. The minimum absolute atomic E-state index is 0.0391. The van der Waals surface area contributed by atoms with Gasteiger partial charge in [0.25, 0.3) is 11.8 Å². The number of carbonyl (C=O) groups excluding carboxylic acids is 5. The molecule has 0 aromatic heterocycles. The second-order valence-electron chi connectivity index (χ2n) is 16.7. The van der Waals surface area contributed by atoms with E-state index in [0.717, 1.165) is 91.6 Å². The van der Waals surface area contributed by atoms with Crippen LogP contribution in [0.4, 0.5) is 22.7 Å². The molecule has 2 atom stereocenters. The maximum atomic E-state index is 13.7. The molecule has 9 rings (SSSR count). The molecule has 0 spiro atoms. The van der Waals surface area contributed by atoms with Crippen molar-refractivity contribution in [3.8, 4) is 17.2 Å². The van der Waals surface area contributed by atoms with Gasteiger partial charge in [0.05, 0.1) is 38.5 Å². The van der Waals surface area contributed by atoms with E-state index in [0.29, 0.717) is 33.3 Å². The molecule has 5 aliphatic rings. The second-order valence-corrected chi connectivity index (χ2v) is 17.1. The van der Waals surface area contributed by atoms with Crippen LogP contribution in [0.15, 0.2) is 78.9 Å². The second kappa shape index (κ2) is 15.0. The first-order valence-corrected chi connectivity index (χ1v) is 20.7. The summed E-state index contributed by atoms with van der Waals surface area (Å²) in [6, 6.07) is 26.4. The molecule has 13 heteroatoms. The van der Waals surface area contributed by atoms with Crippen molar-refractivity contribution in [3.63, 3.8) is 0 Å². The molecule has 300 valence electrons. The topological polar surface area (TPSA) is 137 Å². The molecule has 59 heavy (non-hydrogen) atoms. The van der Waals surface area contributed by atoms with Crippen LogP contribution in [-0.2, 0) is 19.8 Å². The number of piperazine rings is 1. The molecule has 3 fully saturated rings. The van der Waals surface area contributed by atoms with Crippen molar-refractivity contribution in [2.75, 3.05) is 60.5 Å². The van der Waals surface area contributed by atoms with E-state index >= 15 is 0 Å². The molecule has 12 nitrogen and oxygen atoms in total. The van der Waals surface area contributed by atoms with Crippen molar-refractivity contribution >= 4 is 63.9 Å². The lowest BCUT2D eigenvalue weighted by molar-refractivity contribution is -0.136. The van der Waals surface area contributed by atoms with Crippen LogP contribution in [0, 0.1) is 17.2 Å². The number of piperidine rings is 1. The van der Waals surface area contributed by atoms with Crippen LogP contribution in [0.2, 0.25) is 5.02 Å². The minimum Gasteiger partial charge on any atom is -0.371 e. The molecule has 1 N–H and O–H groups in total. The highest BCUT2D eigenvalue weighted by molar-refractivity contribution is 6.32. The number of nitriles is 1. The van der Waals surface area contributed by atoms with Gasteiger partial charge in [-0.25, -0.2) is 0 Å². The molecular weight excluding hydrogens is 766 g/mol. The fourth-order valence-corrected chi connectivity index (χ4v) is 9.54. The number of nitrogens with one attached hydrogen (secondary N) is 1. The number of rotatable bonds is 8. The number of hydrogen-bond acceptors (Lipinski definition) is 9. The number of imide groups is 2. The van der Waals surface area contributed by atoms with Gasteiger partial charge in [0, 0.05) is 57.1 Å². The molecule has 0 radical (unpaired) electrons. The van der Waals surface area contributed by atoms with Gasteiger partial charge in [0.2, 0.25) is 17.7 Å². The van der Waals surface area contributed by atoms with Crippen LogP contribution in [0.3, 0.4) is 0 Å². The Balaban J connectivity index is 0.777. The molecule has 2 unspecified atom stereocenters. The van der Waals surface area contributed by atoms with Crippen LogP contribution < -0.4 is 20.0 Å². The van der Waals surface area contributed by atoms with E-state index in [4.69, 9.17) is 11.6 Å². The number of nitrogens with zero attached hydrogens (tertiary/aromatic N) is 6. The molecule has 5 amide bonds. The fourth-order valence-electron chi connectivity index (χ4n) is 9.32. The van der Waals surface area contributed by atoms with E-state index in [1.54, 1.807) is 35.2 Å². The number of carbonyl (C=O) groups is 5. The van der Waals surface area contributed by atoms with Crippen LogP contribution in [-0.4, -0.2) is 91.2 Å². The third kappa shape index (κ3) is 6.82. The summed E-state index contributed by atoms with van der Waals surface area (Å²) in [5.41, 5.74) is 6.89. The van der Waals surface area contributed by atoms with E-state index in [2.05, 4.69) is 62.5 Å². The van der Waals surface area contributed by atoms with Gasteiger partial charge in [-0.2, -0.15) is 5.26 Å². The largest absolute Gasteiger partial charge is 0.371 e. The van der Waals surface area contributed by atoms with E-state index in [-0.39, 0.29) is 18.7 Å². The van der Waals surface area contributed by atoms with Gasteiger partial charge in [-0.05, 0) is 123 Å². The Morgan fingerprint density at radius 3 is 2.20 bits per heavy atom. The van der Waals surface area contributed by atoms with Gasteiger partial charge >= 0.3 is 0 Å². The molecule has 3 saturated heterocycles. The lowest BCUT2D eigenvalue weighted by atomic mass is 9.84. The molecule has 4 aromatic rings. The Bertz CT molecular complexity index is 2470. The zero-order chi connectivity index (χ0) is 41.2. The highest BCUT2D eigenvalue weighted by Gasteiger charge is 2.46. The average Bonchev–Trinajstić information content (AvgIpc) is 3.87. The third-order valence-electron chi connectivity index (χ3n) is 12.8. The lowest BCUT2D eigenvalue weighted by Gasteiger charge is -2.36. The summed E-state index contributed by atoms with van der Waals surface area (Å²) in [5.74, 6) is -1.40. The maximum Gasteiger partial charge on any atom is 0.262 e. The molecule has 0 aliphatic carbocycles. The van der Waals surface area contributed by atoms with Crippen LogP contribution >= 0.6 is 11.6 Å². The summed E-state index contributed by atoms with van der Waals surface area (Å²) in [7, 11) is 0.